The molecule has 0 aliphatic carbocycles. The number of carboxylic acid groups (broad SMARTS) is 1. The zero-order valence-electron chi connectivity index (χ0n) is 12.4. The summed E-state index contributed by atoms with van der Waals surface area (Å²) in [7, 11) is 0. The van der Waals surface area contributed by atoms with Crippen LogP contribution in [0.4, 0.5) is 0 Å². The molecule has 4 aromatic carbocycles. The van der Waals surface area contributed by atoms with Gasteiger partial charge in [0.15, 0.2) is 0 Å². The first kappa shape index (κ1) is 13.5. The molecule has 0 bridgehead atoms. The van der Waals surface area contributed by atoms with E-state index in [1.807, 2.05) is 30.3 Å². The summed E-state index contributed by atoms with van der Waals surface area (Å²) in [6, 6.07) is 25.8. The predicted molar refractivity (Wildman–Crippen MR) is 93.8 cm³/mol. The van der Waals surface area contributed by atoms with Crippen molar-refractivity contribution in [2.45, 2.75) is 0 Å². The molecule has 0 saturated carbocycles. The Labute approximate surface area is 133 Å². The van der Waals surface area contributed by atoms with Crippen molar-refractivity contribution in [3.8, 4) is 11.1 Å². The third-order valence-electron chi connectivity index (χ3n) is 4.17. The lowest BCUT2D eigenvalue weighted by molar-refractivity contribution is 0.0697. The van der Waals surface area contributed by atoms with E-state index in [-0.39, 0.29) is 0 Å². The zero-order valence-corrected chi connectivity index (χ0v) is 12.4. The van der Waals surface area contributed by atoms with Gasteiger partial charge in [0.05, 0.1) is 5.56 Å². The summed E-state index contributed by atoms with van der Waals surface area (Å²) in [6.45, 7) is 0. The number of aromatic carboxylic acids is 1. The second-order valence-corrected chi connectivity index (χ2v) is 5.61. The van der Waals surface area contributed by atoms with Gasteiger partial charge in [-0.05, 0) is 56.9 Å². The molecule has 0 atom stereocenters. The van der Waals surface area contributed by atoms with E-state index in [4.69, 9.17) is 0 Å². The normalized spacial score (nSPS) is 11.0. The van der Waals surface area contributed by atoms with Crippen molar-refractivity contribution < 1.29 is 9.90 Å². The van der Waals surface area contributed by atoms with Crippen LogP contribution in [0.2, 0.25) is 0 Å². The van der Waals surface area contributed by atoms with Crippen LogP contribution in [0.3, 0.4) is 0 Å². The molecule has 23 heavy (non-hydrogen) atoms. The summed E-state index contributed by atoms with van der Waals surface area (Å²) in [5.41, 5.74) is 2.28. The molecule has 0 heterocycles. The summed E-state index contributed by atoms with van der Waals surface area (Å²) in [6.07, 6.45) is 0. The number of carbonyl (C=O) groups is 1. The summed E-state index contributed by atoms with van der Waals surface area (Å²) in [5, 5.41) is 13.9. The fraction of sp³-hybridized carbons (Fsp3) is 0. The summed E-state index contributed by atoms with van der Waals surface area (Å²) >= 11 is 0. The topological polar surface area (TPSA) is 37.3 Å². The number of benzene rings is 4. The summed E-state index contributed by atoms with van der Waals surface area (Å²) < 4.78 is 0. The highest BCUT2D eigenvalue weighted by molar-refractivity contribution is 6.05. The zero-order chi connectivity index (χ0) is 15.8. The van der Waals surface area contributed by atoms with Crippen LogP contribution in [-0.4, -0.2) is 11.1 Å². The largest absolute Gasteiger partial charge is 0.478 e. The lowest BCUT2D eigenvalue weighted by atomic mass is 9.95. The highest BCUT2D eigenvalue weighted by Gasteiger charge is 2.08. The maximum Gasteiger partial charge on any atom is 0.335 e. The van der Waals surface area contributed by atoms with Gasteiger partial charge in [-0.25, -0.2) is 4.79 Å². The lowest BCUT2D eigenvalue weighted by Gasteiger charge is -2.09. The Morgan fingerprint density at radius 1 is 0.696 bits per heavy atom. The monoisotopic (exact) mass is 298 g/mol. The number of rotatable bonds is 2. The highest BCUT2D eigenvalue weighted by atomic mass is 16.4. The van der Waals surface area contributed by atoms with E-state index in [2.05, 4.69) is 30.3 Å². The molecule has 0 amide bonds. The minimum atomic E-state index is -0.905. The molecular formula is C21H14O2. The quantitative estimate of drug-likeness (QED) is 0.506. The molecule has 110 valence electrons. The fourth-order valence-electron chi connectivity index (χ4n) is 3.04. The van der Waals surface area contributed by atoms with Crippen molar-refractivity contribution in [3.63, 3.8) is 0 Å². The van der Waals surface area contributed by atoms with E-state index in [0.29, 0.717) is 5.56 Å². The van der Waals surface area contributed by atoms with Crippen LogP contribution in [0, 0.1) is 0 Å². The van der Waals surface area contributed by atoms with Crippen LogP contribution in [0.25, 0.3) is 32.7 Å². The van der Waals surface area contributed by atoms with Crippen LogP contribution in [0.1, 0.15) is 10.4 Å². The Hall–Kier alpha value is -3.13. The van der Waals surface area contributed by atoms with Gasteiger partial charge in [0, 0.05) is 0 Å². The van der Waals surface area contributed by atoms with Crippen molar-refractivity contribution in [2.75, 3.05) is 0 Å². The molecule has 0 saturated heterocycles. The third kappa shape index (κ3) is 2.34. The SMILES string of the molecule is O=C(O)c1cccc(-c2cccc3cc4ccccc4cc23)c1. The molecule has 4 rings (SSSR count). The van der Waals surface area contributed by atoms with Crippen molar-refractivity contribution in [2.24, 2.45) is 0 Å². The molecule has 0 unspecified atom stereocenters. The molecule has 0 spiro atoms. The van der Waals surface area contributed by atoms with Gasteiger partial charge < -0.3 is 5.11 Å². The van der Waals surface area contributed by atoms with Crippen molar-refractivity contribution in [3.05, 3.63) is 84.4 Å². The first-order valence-electron chi connectivity index (χ1n) is 7.48. The van der Waals surface area contributed by atoms with Gasteiger partial charge >= 0.3 is 5.97 Å². The maximum atomic E-state index is 11.2. The van der Waals surface area contributed by atoms with Crippen molar-refractivity contribution in [1.29, 1.82) is 0 Å². The molecule has 2 heteroatoms. The smallest absolute Gasteiger partial charge is 0.335 e. The van der Waals surface area contributed by atoms with Crippen LogP contribution < -0.4 is 0 Å². The molecule has 2 nitrogen and oxygen atoms in total. The van der Waals surface area contributed by atoms with Gasteiger partial charge in [0.1, 0.15) is 0 Å². The van der Waals surface area contributed by atoms with Crippen LogP contribution in [0.5, 0.6) is 0 Å². The Morgan fingerprint density at radius 3 is 2.17 bits per heavy atom. The van der Waals surface area contributed by atoms with Crippen LogP contribution in [0.15, 0.2) is 78.9 Å². The first-order chi connectivity index (χ1) is 11.2. The minimum absolute atomic E-state index is 0.306. The summed E-state index contributed by atoms with van der Waals surface area (Å²) in [4.78, 5) is 11.2. The Morgan fingerprint density at radius 2 is 1.39 bits per heavy atom. The second-order valence-electron chi connectivity index (χ2n) is 5.61. The van der Waals surface area contributed by atoms with Crippen molar-refractivity contribution in [1.82, 2.24) is 0 Å². The van der Waals surface area contributed by atoms with E-state index in [1.54, 1.807) is 18.2 Å². The molecule has 1 N–H and O–H groups in total. The Kier molecular flexibility index (Phi) is 3.09. The van der Waals surface area contributed by atoms with Gasteiger partial charge in [-0.3, -0.25) is 0 Å². The molecular weight excluding hydrogens is 284 g/mol. The average Bonchev–Trinajstić information content (AvgIpc) is 2.59. The minimum Gasteiger partial charge on any atom is -0.478 e. The first-order valence-corrected chi connectivity index (χ1v) is 7.48. The van der Waals surface area contributed by atoms with Crippen LogP contribution >= 0.6 is 0 Å². The summed E-state index contributed by atoms with van der Waals surface area (Å²) in [5.74, 6) is -0.905. The second kappa shape index (κ2) is 5.25. The standard InChI is InChI=1S/C21H14O2/c22-21(23)18-9-3-7-16(12-18)19-10-4-8-17-11-14-5-1-2-6-15(14)13-20(17)19/h1-13H,(H,22,23). The molecule has 0 fully saturated rings. The maximum absolute atomic E-state index is 11.2. The van der Waals surface area contributed by atoms with E-state index in [9.17, 15) is 9.90 Å². The van der Waals surface area contributed by atoms with E-state index >= 15 is 0 Å². The van der Waals surface area contributed by atoms with Gasteiger partial charge in [-0.15, -0.1) is 0 Å². The molecule has 0 radical (unpaired) electrons. The molecule has 4 aromatic rings. The third-order valence-corrected chi connectivity index (χ3v) is 4.17. The lowest BCUT2D eigenvalue weighted by Crippen LogP contribution is -1.95. The van der Waals surface area contributed by atoms with Crippen LogP contribution in [-0.2, 0) is 0 Å². The average molecular weight is 298 g/mol. The Bertz CT molecular complexity index is 1050. The van der Waals surface area contributed by atoms with Gasteiger partial charge in [0.25, 0.3) is 0 Å². The molecule has 0 aliphatic rings. The van der Waals surface area contributed by atoms with Gasteiger partial charge in [-0.2, -0.15) is 0 Å². The van der Waals surface area contributed by atoms with E-state index in [1.165, 1.54) is 10.8 Å². The highest BCUT2D eigenvalue weighted by Crippen LogP contribution is 2.32. The number of carboxylic acids is 1. The van der Waals surface area contributed by atoms with Gasteiger partial charge in [0.2, 0.25) is 0 Å². The van der Waals surface area contributed by atoms with Crippen molar-refractivity contribution >= 4 is 27.5 Å². The molecule has 0 aliphatic heterocycles. The van der Waals surface area contributed by atoms with Gasteiger partial charge in [-0.1, -0.05) is 54.6 Å². The number of fused-ring (bicyclic) bond motifs is 2. The van der Waals surface area contributed by atoms with E-state index in [0.717, 1.165) is 21.9 Å². The number of hydrogen-bond acceptors (Lipinski definition) is 1. The Balaban J connectivity index is 2.01. The van der Waals surface area contributed by atoms with E-state index < -0.39 is 5.97 Å². The predicted octanol–water partition coefficient (Wildman–Crippen LogP) is 5.36. The fourth-order valence-corrected chi connectivity index (χ4v) is 3.04. The molecule has 0 aromatic heterocycles. The number of hydrogen-bond donors (Lipinski definition) is 1.